The van der Waals surface area contributed by atoms with Crippen LogP contribution in [0.3, 0.4) is 0 Å². The van der Waals surface area contributed by atoms with Crippen LogP contribution in [-0.2, 0) is 11.3 Å². The number of anilines is 1. The zero-order valence-corrected chi connectivity index (χ0v) is 15.4. The Bertz CT molecular complexity index is 712. The Hall–Kier alpha value is -1.54. The Kier molecular flexibility index (Phi) is 9.69. The van der Waals surface area contributed by atoms with Crippen molar-refractivity contribution in [1.82, 2.24) is 9.47 Å². The van der Waals surface area contributed by atoms with Crippen LogP contribution in [0.5, 0.6) is 0 Å². The summed E-state index contributed by atoms with van der Waals surface area (Å²) in [6, 6.07) is 5.18. The largest absolute Gasteiger partial charge is 0.419 e. The minimum Gasteiger partial charge on any atom is -0.408 e. The Morgan fingerprint density at radius 3 is 2.67 bits per heavy atom. The maximum absolute atomic E-state index is 11.9. The summed E-state index contributed by atoms with van der Waals surface area (Å²) in [6.45, 7) is 1.74. The second-order valence-electron chi connectivity index (χ2n) is 5.45. The molecule has 0 saturated carbocycles. The molecule has 2 rings (SSSR count). The van der Waals surface area contributed by atoms with Crippen LogP contribution in [0.2, 0.25) is 0 Å². The van der Waals surface area contributed by atoms with Gasteiger partial charge < -0.3 is 20.4 Å². The van der Waals surface area contributed by atoms with Gasteiger partial charge >= 0.3 is 5.76 Å². The van der Waals surface area contributed by atoms with Crippen molar-refractivity contribution in [2.24, 2.45) is 5.73 Å². The molecular weight excluding hydrogens is 355 g/mol. The first-order valence-corrected chi connectivity index (χ1v) is 7.29. The second-order valence-corrected chi connectivity index (χ2v) is 5.45. The van der Waals surface area contributed by atoms with Gasteiger partial charge in [0, 0.05) is 25.2 Å². The van der Waals surface area contributed by atoms with Gasteiger partial charge in [0.1, 0.15) is 0 Å². The lowest BCUT2D eigenvalue weighted by atomic mass is 10.2. The summed E-state index contributed by atoms with van der Waals surface area (Å²) in [5, 5.41) is 2.81. The lowest BCUT2D eigenvalue weighted by Gasteiger charge is -2.10. The first-order valence-electron chi connectivity index (χ1n) is 7.29. The fourth-order valence-electron chi connectivity index (χ4n) is 2.14. The SMILES string of the molecule is CN(C)CCn1c(=O)oc2ccc(NC(=O)CCCN)cc21.Cl.Cl. The van der Waals surface area contributed by atoms with Crippen molar-refractivity contribution in [3.05, 3.63) is 28.7 Å². The van der Waals surface area contributed by atoms with Crippen LogP contribution in [0.25, 0.3) is 11.1 Å². The molecule has 0 atom stereocenters. The molecule has 0 bridgehead atoms. The van der Waals surface area contributed by atoms with Crippen molar-refractivity contribution in [3.63, 3.8) is 0 Å². The number of nitrogens with one attached hydrogen (secondary N) is 1. The van der Waals surface area contributed by atoms with E-state index < -0.39 is 0 Å². The molecule has 0 saturated heterocycles. The van der Waals surface area contributed by atoms with Gasteiger partial charge in [-0.3, -0.25) is 9.36 Å². The molecule has 0 fully saturated rings. The van der Waals surface area contributed by atoms with Gasteiger partial charge in [-0.1, -0.05) is 0 Å². The molecule has 1 aromatic carbocycles. The maximum Gasteiger partial charge on any atom is 0.419 e. The fraction of sp³-hybridized carbons (Fsp3) is 0.467. The number of amides is 1. The van der Waals surface area contributed by atoms with E-state index in [4.69, 9.17) is 10.2 Å². The van der Waals surface area contributed by atoms with E-state index in [1.807, 2.05) is 19.0 Å². The molecule has 1 amide bonds. The van der Waals surface area contributed by atoms with E-state index in [1.54, 1.807) is 22.8 Å². The summed E-state index contributed by atoms with van der Waals surface area (Å²) in [5.41, 5.74) is 7.24. The van der Waals surface area contributed by atoms with Crippen molar-refractivity contribution in [1.29, 1.82) is 0 Å². The van der Waals surface area contributed by atoms with E-state index in [2.05, 4.69) is 5.32 Å². The highest BCUT2D eigenvalue weighted by atomic mass is 35.5. The second kappa shape index (κ2) is 10.4. The summed E-state index contributed by atoms with van der Waals surface area (Å²) in [4.78, 5) is 25.6. The number of nitrogens with two attached hydrogens (primary N) is 1. The Balaban J connectivity index is 0.00000264. The zero-order chi connectivity index (χ0) is 16.1. The quantitative estimate of drug-likeness (QED) is 0.764. The van der Waals surface area contributed by atoms with Crippen molar-refractivity contribution in [2.75, 3.05) is 32.5 Å². The van der Waals surface area contributed by atoms with E-state index in [0.29, 0.717) is 42.7 Å². The van der Waals surface area contributed by atoms with Crippen molar-refractivity contribution in [3.8, 4) is 0 Å². The number of hydrogen-bond donors (Lipinski definition) is 2. The zero-order valence-electron chi connectivity index (χ0n) is 13.8. The minimum atomic E-state index is -0.386. The highest BCUT2D eigenvalue weighted by Gasteiger charge is 2.11. The van der Waals surface area contributed by atoms with Crippen LogP contribution < -0.4 is 16.8 Å². The molecule has 0 radical (unpaired) electrons. The highest BCUT2D eigenvalue weighted by molar-refractivity contribution is 5.92. The fourth-order valence-corrected chi connectivity index (χ4v) is 2.14. The van der Waals surface area contributed by atoms with Crippen LogP contribution >= 0.6 is 24.8 Å². The third kappa shape index (κ3) is 5.83. The highest BCUT2D eigenvalue weighted by Crippen LogP contribution is 2.18. The number of nitrogens with zero attached hydrogens (tertiary/aromatic N) is 2. The van der Waals surface area contributed by atoms with Gasteiger partial charge in [0.2, 0.25) is 5.91 Å². The number of fused-ring (bicyclic) bond motifs is 1. The van der Waals surface area contributed by atoms with Gasteiger partial charge in [0.25, 0.3) is 0 Å². The van der Waals surface area contributed by atoms with Gasteiger partial charge in [-0.15, -0.1) is 24.8 Å². The first-order chi connectivity index (χ1) is 10.5. The average Bonchev–Trinajstić information content (AvgIpc) is 2.78. The summed E-state index contributed by atoms with van der Waals surface area (Å²) in [5.74, 6) is -0.473. The maximum atomic E-state index is 11.9. The van der Waals surface area contributed by atoms with Crippen molar-refractivity contribution >= 4 is 47.5 Å². The van der Waals surface area contributed by atoms with Gasteiger partial charge in [-0.25, -0.2) is 4.79 Å². The molecule has 2 aromatic rings. The number of carbonyl (C=O) groups is 1. The third-order valence-electron chi connectivity index (χ3n) is 3.33. The Morgan fingerprint density at radius 1 is 1.33 bits per heavy atom. The Labute approximate surface area is 153 Å². The van der Waals surface area contributed by atoms with E-state index in [9.17, 15) is 9.59 Å². The first kappa shape index (κ1) is 22.5. The van der Waals surface area contributed by atoms with E-state index in [1.165, 1.54) is 0 Å². The number of hydrogen-bond acceptors (Lipinski definition) is 5. The van der Waals surface area contributed by atoms with Gasteiger partial charge in [-0.2, -0.15) is 0 Å². The van der Waals surface area contributed by atoms with Crippen molar-refractivity contribution < 1.29 is 9.21 Å². The Morgan fingerprint density at radius 2 is 2.04 bits per heavy atom. The molecule has 9 heteroatoms. The van der Waals surface area contributed by atoms with E-state index >= 15 is 0 Å². The van der Waals surface area contributed by atoms with Crippen LogP contribution in [0.1, 0.15) is 12.8 Å². The molecule has 3 N–H and O–H groups in total. The number of benzene rings is 1. The molecule has 24 heavy (non-hydrogen) atoms. The summed E-state index contributed by atoms with van der Waals surface area (Å²) < 4.78 is 6.79. The number of carbonyl (C=O) groups excluding carboxylic acids is 1. The third-order valence-corrected chi connectivity index (χ3v) is 3.33. The van der Waals surface area contributed by atoms with Crippen LogP contribution in [0, 0.1) is 0 Å². The van der Waals surface area contributed by atoms with Crippen LogP contribution in [0.4, 0.5) is 5.69 Å². The standard InChI is InChI=1S/C15H22N4O3.2ClH/c1-18(2)8-9-19-12-10-11(17-14(20)4-3-7-16)5-6-13(12)22-15(19)21;;/h5-6,10H,3-4,7-9,16H2,1-2H3,(H,17,20);2*1H. The molecule has 136 valence electrons. The molecule has 1 aromatic heterocycles. The number of aromatic nitrogens is 1. The topological polar surface area (TPSA) is 93.5 Å². The van der Waals surface area contributed by atoms with Crippen molar-refractivity contribution in [2.45, 2.75) is 19.4 Å². The average molecular weight is 379 g/mol. The predicted molar refractivity (Wildman–Crippen MR) is 100 cm³/mol. The number of rotatable bonds is 7. The van der Waals surface area contributed by atoms with Crippen LogP contribution in [0.15, 0.2) is 27.4 Å². The summed E-state index contributed by atoms with van der Waals surface area (Å²) in [6.07, 6.45) is 1.03. The van der Waals surface area contributed by atoms with Crippen LogP contribution in [-0.4, -0.2) is 42.6 Å². The molecule has 7 nitrogen and oxygen atoms in total. The summed E-state index contributed by atoms with van der Waals surface area (Å²) >= 11 is 0. The normalized spacial score (nSPS) is 10.3. The molecular formula is C15H24Cl2N4O3. The summed E-state index contributed by atoms with van der Waals surface area (Å²) in [7, 11) is 3.88. The van der Waals surface area contributed by atoms with Gasteiger partial charge in [0.05, 0.1) is 5.52 Å². The lowest BCUT2D eigenvalue weighted by Crippen LogP contribution is -2.23. The predicted octanol–water partition coefficient (Wildman–Crippen LogP) is 1.68. The monoisotopic (exact) mass is 378 g/mol. The molecule has 0 spiro atoms. The minimum absolute atomic E-state index is 0. The number of oxazole rings is 1. The molecule has 0 aliphatic heterocycles. The van der Waals surface area contributed by atoms with Gasteiger partial charge in [-0.05, 0) is 45.3 Å². The van der Waals surface area contributed by atoms with Gasteiger partial charge in [0.15, 0.2) is 5.58 Å². The lowest BCUT2D eigenvalue weighted by molar-refractivity contribution is -0.116. The van der Waals surface area contributed by atoms with E-state index in [-0.39, 0.29) is 36.5 Å². The molecule has 0 aliphatic rings. The number of halogens is 2. The molecule has 1 heterocycles. The van der Waals surface area contributed by atoms with E-state index in [0.717, 1.165) is 6.54 Å². The molecule has 0 unspecified atom stereocenters. The number of likely N-dealkylation sites (N-methyl/N-ethyl adjacent to an activating group) is 1. The molecule has 0 aliphatic carbocycles. The smallest absolute Gasteiger partial charge is 0.408 e.